The third kappa shape index (κ3) is 5.78. The lowest BCUT2D eigenvalue weighted by Crippen LogP contribution is -2.28. The monoisotopic (exact) mass is 405 g/mol. The van der Waals surface area contributed by atoms with Crippen molar-refractivity contribution in [2.75, 3.05) is 14.2 Å². The summed E-state index contributed by atoms with van der Waals surface area (Å²) in [6, 6.07) is 13.8. The Morgan fingerprint density at radius 1 is 1.08 bits per heavy atom. The Bertz CT molecular complexity index is 678. The molecular weight excluding hydrogens is 382 g/mol. The second-order valence-electron chi connectivity index (χ2n) is 5.80. The number of methoxy groups -OCH3 is 2. The van der Waals surface area contributed by atoms with Gasteiger partial charge in [-0.05, 0) is 48.2 Å². The maximum absolute atomic E-state index is 12.4. The Kier molecular flexibility index (Phi) is 7.31. The van der Waals surface area contributed by atoms with E-state index in [1.54, 1.807) is 14.2 Å². The predicted octanol–water partition coefficient (Wildman–Crippen LogP) is 4.67. The van der Waals surface area contributed by atoms with Crippen molar-refractivity contribution in [1.82, 2.24) is 5.32 Å². The Labute approximate surface area is 157 Å². The smallest absolute Gasteiger partial charge is 0.220 e. The van der Waals surface area contributed by atoms with Crippen LogP contribution in [0.4, 0.5) is 0 Å². The number of nitrogens with one attached hydrogen (secondary N) is 1. The van der Waals surface area contributed by atoms with Gasteiger partial charge in [-0.15, -0.1) is 0 Å². The number of hydrogen-bond acceptors (Lipinski definition) is 3. The molecule has 2 aromatic rings. The lowest BCUT2D eigenvalue weighted by atomic mass is 10.0. The molecule has 25 heavy (non-hydrogen) atoms. The Hall–Kier alpha value is -2.01. The molecule has 0 aromatic heterocycles. The molecule has 0 fully saturated rings. The van der Waals surface area contributed by atoms with Gasteiger partial charge in [-0.3, -0.25) is 4.79 Å². The summed E-state index contributed by atoms with van der Waals surface area (Å²) in [6.07, 6.45) is 1.90. The zero-order valence-electron chi connectivity index (χ0n) is 14.8. The fourth-order valence-electron chi connectivity index (χ4n) is 2.65. The highest BCUT2D eigenvalue weighted by molar-refractivity contribution is 9.10. The van der Waals surface area contributed by atoms with E-state index in [-0.39, 0.29) is 11.9 Å². The first-order valence-electron chi connectivity index (χ1n) is 8.32. The molecule has 134 valence electrons. The van der Waals surface area contributed by atoms with Crippen molar-refractivity contribution in [3.8, 4) is 11.5 Å². The highest BCUT2D eigenvalue weighted by Gasteiger charge is 2.13. The largest absolute Gasteiger partial charge is 0.497 e. The summed E-state index contributed by atoms with van der Waals surface area (Å²) in [5, 5.41) is 3.11. The summed E-state index contributed by atoms with van der Waals surface area (Å²) in [4.78, 5) is 12.4. The van der Waals surface area contributed by atoms with Crippen LogP contribution in [-0.4, -0.2) is 20.1 Å². The van der Waals surface area contributed by atoms with Crippen molar-refractivity contribution in [2.45, 2.75) is 32.2 Å². The van der Waals surface area contributed by atoms with Gasteiger partial charge in [0.2, 0.25) is 5.91 Å². The van der Waals surface area contributed by atoms with E-state index in [4.69, 9.17) is 9.47 Å². The van der Waals surface area contributed by atoms with E-state index >= 15 is 0 Å². The van der Waals surface area contributed by atoms with E-state index in [0.717, 1.165) is 33.5 Å². The zero-order valence-corrected chi connectivity index (χ0v) is 16.4. The predicted molar refractivity (Wildman–Crippen MR) is 103 cm³/mol. The quantitative estimate of drug-likeness (QED) is 0.693. The van der Waals surface area contributed by atoms with Crippen LogP contribution in [0.1, 0.15) is 36.9 Å². The van der Waals surface area contributed by atoms with E-state index in [0.29, 0.717) is 12.8 Å². The molecule has 0 aliphatic carbocycles. The maximum atomic E-state index is 12.4. The molecule has 0 saturated carbocycles. The van der Waals surface area contributed by atoms with Crippen LogP contribution in [0.5, 0.6) is 11.5 Å². The number of carbonyl (C=O) groups is 1. The SMILES string of the molecule is CCC(NC(=O)CCc1cc(OC)cc(OC)c1)c1ccc(Br)cc1. The summed E-state index contributed by atoms with van der Waals surface area (Å²) in [6.45, 7) is 2.07. The first kappa shape index (κ1) is 19.3. The van der Waals surface area contributed by atoms with Gasteiger partial charge in [-0.25, -0.2) is 0 Å². The molecular formula is C20H24BrNO3. The van der Waals surface area contributed by atoms with Crippen LogP contribution in [-0.2, 0) is 11.2 Å². The molecule has 1 amide bonds. The summed E-state index contributed by atoms with van der Waals surface area (Å²) in [5.41, 5.74) is 2.13. The van der Waals surface area contributed by atoms with E-state index in [9.17, 15) is 4.79 Å². The third-order valence-corrected chi connectivity index (χ3v) is 4.60. The van der Waals surface area contributed by atoms with Gasteiger partial charge in [0.05, 0.1) is 20.3 Å². The molecule has 4 nitrogen and oxygen atoms in total. The third-order valence-electron chi connectivity index (χ3n) is 4.07. The zero-order chi connectivity index (χ0) is 18.2. The molecule has 0 aliphatic rings. The number of carbonyl (C=O) groups excluding carboxylic acids is 1. The number of halogens is 1. The highest BCUT2D eigenvalue weighted by Crippen LogP contribution is 2.24. The van der Waals surface area contributed by atoms with Crippen molar-refractivity contribution in [3.63, 3.8) is 0 Å². The molecule has 0 aliphatic heterocycles. The van der Waals surface area contributed by atoms with Gasteiger partial charge in [-0.2, -0.15) is 0 Å². The molecule has 1 N–H and O–H groups in total. The van der Waals surface area contributed by atoms with Crippen molar-refractivity contribution in [1.29, 1.82) is 0 Å². The van der Waals surface area contributed by atoms with Crippen molar-refractivity contribution in [3.05, 3.63) is 58.1 Å². The summed E-state index contributed by atoms with van der Waals surface area (Å²) >= 11 is 3.43. The molecule has 5 heteroatoms. The van der Waals surface area contributed by atoms with E-state index < -0.39 is 0 Å². The minimum atomic E-state index is 0.0282. The molecule has 1 atom stereocenters. The number of amides is 1. The second-order valence-corrected chi connectivity index (χ2v) is 6.72. The van der Waals surface area contributed by atoms with Crippen molar-refractivity contribution in [2.24, 2.45) is 0 Å². The first-order valence-corrected chi connectivity index (χ1v) is 9.11. The fourth-order valence-corrected chi connectivity index (χ4v) is 2.92. The number of aryl methyl sites for hydroxylation is 1. The van der Waals surface area contributed by atoms with Crippen LogP contribution in [0, 0.1) is 0 Å². The van der Waals surface area contributed by atoms with E-state index in [1.807, 2.05) is 42.5 Å². The average molecular weight is 406 g/mol. The summed E-state index contributed by atoms with van der Waals surface area (Å²) in [5.74, 6) is 1.50. The van der Waals surface area contributed by atoms with Crippen LogP contribution in [0.15, 0.2) is 46.9 Å². The number of ether oxygens (including phenoxy) is 2. The van der Waals surface area contributed by atoms with Gasteiger partial charge >= 0.3 is 0 Å². The lowest BCUT2D eigenvalue weighted by molar-refractivity contribution is -0.121. The number of rotatable bonds is 8. The minimum absolute atomic E-state index is 0.0282. The molecule has 0 radical (unpaired) electrons. The molecule has 2 rings (SSSR count). The van der Waals surface area contributed by atoms with Crippen molar-refractivity contribution >= 4 is 21.8 Å². The molecule has 0 spiro atoms. The molecule has 2 aromatic carbocycles. The van der Waals surface area contributed by atoms with Gasteiger partial charge in [0, 0.05) is 17.0 Å². The van der Waals surface area contributed by atoms with Gasteiger partial charge < -0.3 is 14.8 Å². The van der Waals surface area contributed by atoms with Gasteiger partial charge in [0.25, 0.3) is 0 Å². The second kappa shape index (κ2) is 9.47. The van der Waals surface area contributed by atoms with Crippen LogP contribution in [0.25, 0.3) is 0 Å². The Balaban J connectivity index is 1.96. The molecule has 0 heterocycles. The number of benzene rings is 2. The fraction of sp³-hybridized carbons (Fsp3) is 0.350. The summed E-state index contributed by atoms with van der Waals surface area (Å²) < 4.78 is 11.6. The molecule has 0 bridgehead atoms. The van der Waals surface area contributed by atoms with Crippen molar-refractivity contribution < 1.29 is 14.3 Å². The first-order chi connectivity index (χ1) is 12.0. The Morgan fingerprint density at radius 3 is 2.20 bits per heavy atom. The average Bonchev–Trinajstić information content (AvgIpc) is 2.64. The van der Waals surface area contributed by atoms with Crippen LogP contribution in [0.3, 0.4) is 0 Å². The normalized spacial score (nSPS) is 11.7. The molecule has 1 unspecified atom stereocenters. The standard InChI is InChI=1S/C20H24BrNO3/c1-4-19(15-6-8-16(21)9-7-15)22-20(23)10-5-14-11-17(24-2)13-18(12-14)25-3/h6-9,11-13,19H,4-5,10H2,1-3H3,(H,22,23). The topological polar surface area (TPSA) is 47.6 Å². The Morgan fingerprint density at radius 2 is 1.68 bits per heavy atom. The molecule has 0 saturated heterocycles. The maximum Gasteiger partial charge on any atom is 0.220 e. The van der Waals surface area contributed by atoms with Gasteiger partial charge in [0.1, 0.15) is 11.5 Å². The van der Waals surface area contributed by atoms with Crippen LogP contribution >= 0.6 is 15.9 Å². The van der Waals surface area contributed by atoms with Crippen LogP contribution < -0.4 is 14.8 Å². The lowest BCUT2D eigenvalue weighted by Gasteiger charge is -2.18. The van der Waals surface area contributed by atoms with E-state index in [1.165, 1.54) is 0 Å². The minimum Gasteiger partial charge on any atom is -0.497 e. The van der Waals surface area contributed by atoms with Gasteiger partial charge in [-0.1, -0.05) is 35.0 Å². The number of hydrogen-bond donors (Lipinski definition) is 1. The van der Waals surface area contributed by atoms with Crippen LogP contribution in [0.2, 0.25) is 0 Å². The highest BCUT2D eigenvalue weighted by atomic mass is 79.9. The van der Waals surface area contributed by atoms with Gasteiger partial charge in [0.15, 0.2) is 0 Å². The van der Waals surface area contributed by atoms with E-state index in [2.05, 4.69) is 28.2 Å². The summed E-state index contributed by atoms with van der Waals surface area (Å²) in [7, 11) is 3.24.